The second kappa shape index (κ2) is 10.2. The maximum Gasteiger partial charge on any atom is 0.241 e. The number of thioether (sulfide) groups is 1. The number of hydrogen-bond acceptors (Lipinski definition) is 7. The number of carbonyl (C=O) groups is 2. The number of nitrogens with one attached hydrogen (secondary N) is 3. The van der Waals surface area contributed by atoms with Gasteiger partial charge in [0.15, 0.2) is 15.1 Å². The molecule has 2 amide bonds. The molecule has 2 unspecified atom stereocenters. The fraction of sp³-hybridized carbons (Fsp3) is 0.263. The van der Waals surface area contributed by atoms with Gasteiger partial charge in [-0.15, -0.1) is 11.8 Å². The molecule has 2 aromatic rings. The smallest absolute Gasteiger partial charge is 0.241 e. The first-order valence-electron chi connectivity index (χ1n) is 8.99. The second-order valence-corrected chi connectivity index (χ2v) is 11.0. The summed E-state index contributed by atoms with van der Waals surface area (Å²) >= 11 is 10.5. The molecule has 0 aromatic heterocycles. The van der Waals surface area contributed by atoms with Gasteiger partial charge in [0.05, 0.1) is 22.8 Å². The number of ether oxygens (including phenoxy) is 1. The van der Waals surface area contributed by atoms with Crippen molar-refractivity contribution in [3.05, 3.63) is 52.0 Å². The monoisotopic (exact) mass is 547 g/mol. The Bertz CT molecular complexity index is 1100. The predicted molar refractivity (Wildman–Crippen MR) is 124 cm³/mol. The van der Waals surface area contributed by atoms with Crippen LogP contribution in [-0.2, 0) is 19.4 Å². The Morgan fingerprint density at radius 3 is 2.74 bits per heavy atom. The average molecular weight is 549 g/mol. The molecule has 3 rings (SSSR count). The van der Waals surface area contributed by atoms with E-state index in [-0.39, 0.29) is 28.1 Å². The van der Waals surface area contributed by atoms with E-state index in [0.29, 0.717) is 11.4 Å². The van der Waals surface area contributed by atoms with Crippen LogP contribution in [0.4, 0.5) is 5.69 Å². The molecule has 0 spiro atoms. The molecular formula is C19H19BrClN3O5S2. The first-order chi connectivity index (χ1) is 14.7. The third kappa shape index (κ3) is 5.92. The Morgan fingerprint density at radius 1 is 1.32 bits per heavy atom. The van der Waals surface area contributed by atoms with Crippen molar-refractivity contribution in [2.45, 2.75) is 15.6 Å². The van der Waals surface area contributed by atoms with E-state index in [1.807, 2.05) is 6.07 Å². The highest BCUT2D eigenvalue weighted by molar-refractivity contribution is 9.10. The highest BCUT2D eigenvalue weighted by Gasteiger charge is 2.38. The van der Waals surface area contributed by atoms with Crippen LogP contribution in [0.3, 0.4) is 0 Å². The molecule has 0 aliphatic carbocycles. The number of benzene rings is 2. The summed E-state index contributed by atoms with van der Waals surface area (Å²) in [7, 11) is -2.54. The third-order valence-electron chi connectivity index (χ3n) is 4.37. The highest BCUT2D eigenvalue weighted by atomic mass is 79.9. The van der Waals surface area contributed by atoms with E-state index >= 15 is 0 Å². The van der Waals surface area contributed by atoms with Crippen LogP contribution in [0.1, 0.15) is 0 Å². The van der Waals surface area contributed by atoms with Crippen molar-refractivity contribution in [2.24, 2.45) is 0 Å². The van der Waals surface area contributed by atoms with Crippen molar-refractivity contribution in [3.8, 4) is 5.75 Å². The van der Waals surface area contributed by atoms with Gasteiger partial charge in [0.2, 0.25) is 11.8 Å². The molecule has 3 N–H and O–H groups in total. The minimum Gasteiger partial charge on any atom is -0.495 e. The van der Waals surface area contributed by atoms with Crippen molar-refractivity contribution in [3.63, 3.8) is 0 Å². The standard InChI is InChI=1S/C19H19BrClN3O5S2/c1-29-15-6-5-13(8-14(15)21)31(27,28)16-9-22-19(24-18(16)26)30-10-17(25)23-12-4-2-3-11(20)7-12/h2-8,16,19,22H,9-10H2,1H3,(H,23,25)(H,24,26). The van der Waals surface area contributed by atoms with Crippen LogP contribution in [0.2, 0.25) is 5.02 Å². The number of halogens is 2. The minimum absolute atomic E-state index is 0.0654. The zero-order valence-electron chi connectivity index (χ0n) is 16.2. The largest absolute Gasteiger partial charge is 0.495 e. The second-order valence-electron chi connectivity index (χ2n) is 6.50. The summed E-state index contributed by atoms with van der Waals surface area (Å²) in [5.74, 6) is -0.488. The SMILES string of the molecule is COc1ccc(S(=O)(=O)C2CNC(SCC(=O)Nc3cccc(Br)c3)NC2=O)cc1Cl. The van der Waals surface area contributed by atoms with Gasteiger partial charge in [-0.2, -0.15) is 0 Å². The molecule has 1 heterocycles. The molecule has 2 atom stereocenters. The molecule has 0 bridgehead atoms. The maximum absolute atomic E-state index is 12.9. The molecule has 0 saturated carbocycles. The van der Waals surface area contributed by atoms with E-state index < -0.39 is 26.5 Å². The van der Waals surface area contributed by atoms with Crippen LogP contribution in [0, 0.1) is 0 Å². The predicted octanol–water partition coefficient (Wildman–Crippen LogP) is 2.63. The molecule has 1 fully saturated rings. The Hall–Kier alpha value is -1.79. The summed E-state index contributed by atoms with van der Waals surface area (Å²) in [4.78, 5) is 24.6. The Labute approximate surface area is 197 Å². The molecule has 1 aliphatic rings. The van der Waals surface area contributed by atoms with Crippen LogP contribution in [0.15, 0.2) is 51.8 Å². The van der Waals surface area contributed by atoms with Crippen LogP contribution < -0.4 is 20.7 Å². The van der Waals surface area contributed by atoms with E-state index in [2.05, 4.69) is 31.9 Å². The van der Waals surface area contributed by atoms with Crippen molar-refractivity contribution < 1.29 is 22.7 Å². The van der Waals surface area contributed by atoms with Gasteiger partial charge in [-0.25, -0.2) is 8.42 Å². The normalized spacial score (nSPS) is 18.9. The lowest BCUT2D eigenvalue weighted by Gasteiger charge is -2.29. The zero-order valence-corrected chi connectivity index (χ0v) is 20.2. The van der Waals surface area contributed by atoms with E-state index in [0.717, 1.165) is 16.2 Å². The molecule has 0 radical (unpaired) electrons. The lowest BCUT2D eigenvalue weighted by Crippen LogP contribution is -2.59. The molecule has 31 heavy (non-hydrogen) atoms. The summed E-state index contributed by atoms with van der Waals surface area (Å²) in [5, 5.41) is 7.12. The summed E-state index contributed by atoms with van der Waals surface area (Å²) < 4.78 is 31.6. The lowest BCUT2D eigenvalue weighted by atomic mass is 10.3. The van der Waals surface area contributed by atoms with E-state index in [4.69, 9.17) is 16.3 Å². The number of rotatable bonds is 7. The van der Waals surface area contributed by atoms with Crippen molar-refractivity contribution in [1.29, 1.82) is 0 Å². The topological polar surface area (TPSA) is 114 Å². The number of sulfone groups is 1. The summed E-state index contributed by atoms with van der Waals surface area (Å²) in [6, 6.07) is 11.2. The van der Waals surface area contributed by atoms with E-state index in [1.165, 1.54) is 25.3 Å². The van der Waals surface area contributed by atoms with Crippen LogP contribution >= 0.6 is 39.3 Å². The summed E-state index contributed by atoms with van der Waals surface area (Å²) in [6.07, 6.45) is 0. The number of hydrogen-bond donors (Lipinski definition) is 3. The number of anilines is 1. The molecule has 1 aliphatic heterocycles. The van der Waals surface area contributed by atoms with Crippen molar-refractivity contribution in [1.82, 2.24) is 10.6 Å². The van der Waals surface area contributed by atoms with E-state index in [9.17, 15) is 18.0 Å². The first-order valence-corrected chi connectivity index (χ1v) is 12.8. The summed E-state index contributed by atoms with van der Waals surface area (Å²) in [6.45, 7) is -0.0945. The average Bonchev–Trinajstić information content (AvgIpc) is 2.72. The fourth-order valence-corrected chi connectivity index (χ4v) is 5.90. The van der Waals surface area contributed by atoms with Gasteiger partial charge >= 0.3 is 0 Å². The van der Waals surface area contributed by atoms with Gasteiger partial charge < -0.3 is 15.4 Å². The van der Waals surface area contributed by atoms with Gasteiger partial charge in [0, 0.05) is 16.7 Å². The van der Waals surface area contributed by atoms with Crippen LogP contribution in [0.25, 0.3) is 0 Å². The molecule has 1 saturated heterocycles. The Kier molecular flexibility index (Phi) is 7.87. The fourth-order valence-electron chi connectivity index (χ4n) is 2.84. The minimum atomic E-state index is -3.97. The first kappa shape index (κ1) is 23.9. The van der Waals surface area contributed by atoms with Crippen molar-refractivity contribution >= 4 is 66.6 Å². The molecular weight excluding hydrogens is 530 g/mol. The van der Waals surface area contributed by atoms with Gasteiger partial charge in [0.1, 0.15) is 11.2 Å². The number of amides is 2. The van der Waals surface area contributed by atoms with Gasteiger partial charge in [-0.1, -0.05) is 33.6 Å². The zero-order chi connectivity index (χ0) is 22.6. The van der Waals surface area contributed by atoms with Crippen LogP contribution in [-0.4, -0.2) is 50.4 Å². The maximum atomic E-state index is 12.9. The molecule has 2 aromatic carbocycles. The van der Waals surface area contributed by atoms with Gasteiger partial charge in [-0.05, 0) is 36.4 Å². The number of methoxy groups -OCH3 is 1. The quantitative estimate of drug-likeness (QED) is 0.487. The Balaban J connectivity index is 1.57. The van der Waals surface area contributed by atoms with Crippen molar-refractivity contribution in [2.75, 3.05) is 24.7 Å². The third-order valence-corrected chi connectivity index (χ3v) is 8.25. The molecule has 12 heteroatoms. The van der Waals surface area contributed by atoms with E-state index in [1.54, 1.807) is 18.2 Å². The highest BCUT2D eigenvalue weighted by Crippen LogP contribution is 2.29. The Morgan fingerprint density at radius 2 is 2.10 bits per heavy atom. The summed E-state index contributed by atoms with van der Waals surface area (Å²) in [5.41, 5.74) is 0.0524. The lowest BCUT2D eigenvalue weighted by molar-refractivity contribution is -0.122. The van der Waals surface area contributed by atoms with Gasteiger partial charge in [-0.3, -0.25) is 14.9 Å². The van der Waals surface area contributed by atoms with Crippen LogP contribution in [0.5, 0.6) is 5.75 Å². The van der Waals surface area contributed by atoms with Gasteiger partial charge in [0.25, 0.3) is 0 Å². The number of carbonyl (C=O) groups excluding carboxylic acids is 2. The molecule has 166 valence electrons. The molecule has 8 nitrogen and oxygen atoms in total.